The Bertz CT molecular complexity index is 208. The van der Waals surface area contributed by atoms with Gasteiger partial charge in [-0.05, 0) is 18.6 Å². The van der Waals surface area contributed by atoms with Crippen LogP contribution in [0.5, 0.6) is 11.5 Å². The molecule has 0 aliphatic carbocycles. The number of rotatable bonds is 3. The third-order valence-corrected chi connectivity index (χ3v) is 1.30. The van der Waals surface area contributed by atoms with Crippen molar-refractivity contribution in [3.05, 3.63) is 24.3 Å². The van der Waals surface area contributed by atoms with Crippen LogP contribution >= 0.6 is 0 Å². The molecule has 3 heteroatoms. The molecule has 0 radical (unpaired) electrons. The van der Waals surface area contributed by atoms with E-state index in [1.807, 2.05) is 6.92 Å². The minimum Gasteiger partial charge on any atom is -0.872 e. The maximum atomic E-state index is 10.6. The number of ether oxygens (including phenoxy) is 1. The molecule has 1 rings (SSSR count). The second-order valence-electron chi connectivity index (χ2n) is 2.32. The van der Waals surface area contributed by atoms with E-state index in [0.29, 0.717) is 6.61 Å². The molecule has 0 aliphatic heterocycles. The van der Waals surface area contributed by atoms with E-state index in [0.717, 1.165) is 12.2 Å². The Morgan fingerprint density at radius 2 is 1.83 bits per heavy atom. The summed E-state index contributed by atoms with van der Waals surface area (Å²) < 4.78 is 5.27. The first-order chi connectivity index (χ1) is 5.33. The van der Waals surface area contributed by atoms with Crippen LogP contribution in [0.15, 0.2) is 24.3 Å². The van der Waals surface area contributed by atoms with E-state index in [9.17, 15) is 5.11 Å². The molecule has 0 amide bonds. The summed E-state index contributed by atoms with van der Waals surface area (Å²) in [5.74, 6) is 0.792. The van der Waals surface area contributed by atoms with E-state index in [4.69, 9.17) is 4.74 Å². The molecule has 0 spiro atoms. The summed E-state index contributed by atoms with van der Waals surface area (Å²) >= 11 is 0. The molecule has 0 bridgehead atoms. The molecule has 0 aromatic heterocycles. The molecule has 2 nitrogen and oxygen atoms in total. The summed E-state index contributed by atoms with van der Waals surface area (Å²) in [6.45, 7) is 2.75. The fourth-order valence-electron chi connectivity index (χ4n) is 0.756. The summed E-state index contributed by atoms with van der Waals surface area (Å²) in [6, 6.07) is 6.39. The van der Waals surface area contributed by atoms with E-state index >= 15 is 0 Å². The van der Waals surface area contributed by atoms with Crippen LogP contribution in [0.1, 0.15) is 13.3 Å². The van der Waals surface area contributed by atoms with E-state index < -0.39 is 0 Å². The van der Waals surface area contributed by atoms with Crippen LogP contribution in [0.2, 0.25) is 0 Å². The van der Waals surface area contributed by atoms with E-state index in [2.05, 4.69) is 0 Å². The topological polar surface area (TPSA) is 32.3 Å². The van der Waals surface area contributed by atoms with Gasteiger partial charge in [0.2, 0.25) is 0 Å². The number of benzene rings is 1. The van der Waals surface area contributed by atoms with Crippen LogP contribution in [-0.2, 0) is 0 Å². The summed E-state index contributed by atoms with van der Waals surface area (Å²) in [4.78, 5) is 0. The second-order valence-corrected chi connectivity index (χ2v) is 2.32. The predicted molar refractivity (Wildman–Crippen MR) is 41.7 cm³/mol. The van der Waals surface area contributed by atoms with Crippen molar-refractivity contribution in [1.29, 1.82) is 0 Å². The van der Waals surface area contributed by atoms with Crippen LogP contribution in [0.3, 0.4) is 0 Å². The summed E-state index contributed by atoms with van der Waals surface area (Å²) in [6.07, 6.45) is 0.985. The fourth-order valence-corrected chi connectivity index (χ4v) is 0.756. The van der Waals surface area contributed by atoms with Gasteiger partial charge in [0.15, 0.2) is 0 Å². The Balaban J connectivity index is 0.00000121. The molecular formula is C9H11KO2. The van der Waals surface area contributed by atoms with Gasteiger partial charge in [0.25, 0.3) is 0 Å². The molecule has 0 atom stereocenters. The van der Waals surface area contributed by atoms with E-state index in [1.54, 1.807) is 12.1 Å². The fraction of sp³-hybridized carbons (Fsp3) is 0.333. The van der Waals surface area contributed by atoms with Crippen molar-refractivity contribution in [3.8, 4) is 11.5 Å². The van der Waals surface area contributed by atoms with Gasteiger partial charge in [-0.3, -0.25) is 0 Å². The van der Waals surface area contributed by atoms with Gasteiger partial charge in [-0.15, -0.1) is 5.75 Å². The van der Waals surface area contributed by atoms with Crippen LogP contribution in [0.25, 0.3) is 0 Å². The number of hydrogen-bond donors (Lipinski definition) is 0. The van der Waals surface area contributed by atoms with Crippen molar-refractivity contribution in [2.45, 2.75) is 13.3 Å². The summed E-state index contributed by atoms with van der Waals surface area (Å²) in [5, 5.41) is 10.6. The molecule has 0 fully saturated rings. The van der Waals surface area contributed by atoms with Crippen LogP contribution in [0.4, 0.5) is 0 Å². The zero-order valence-electron chi connectivity index (χ0n) is 7.54. The molecule has 0 N–H and O–H groups in total. The van der Waals surface area contributed by atoms with Gasteiger partial charge in [0, 0.05) is 0 Å². The first kappa shape index (κ1) is 12.5. The molecule has 60 valence electrons. The SMILES string of the molecule is CCCOc1ccc([O-])cc1.[K+]. The quantitative estimate of drug-likeness (QED) is 0.546. The minimum atomic E-state index is 0. The summed E-state index contributed by atoms with van der Waals surface area (Å²) in [7, 11) is 0. The van der Waals surface area contributed by atoms with Crippen molar-refractivity contribution in [1.82, 2.24) is 0 Å². The van der Waals surface area contributed by atoms with Crippen LogP contribution in [0, 0.1) is 0 Å². The van der Waals surface area contributed by atoms with Gasteiger partial charge in [-0.2, -0.15) is 0 Å². The molecule has 0 heterocycles. The first-order valence-corrected chi connectivity index (χ1v) is 3.73. The largest absolute Gasteiger partial charge is 1.00 e. The molecule has 0 saturated carbocycles. The standard InChI is InChI=1S/C9H12O2.K/c1-2-7-11-9-5-3-8(10)4-6-9;/h3-6,10H,2,7H2,1H3;/q;+1/p-1. The first-order valence-electron chi connectivity index (χ1n) is 3.73. The van der Waals surface area contributed by atoms with Crippen LogP contribution < -0.4 is 61.2 Å². The Morgan fingerprint density at radius 3 is 2.33 bits per heavy atom. The average molecular weight is 190 g/mol. The zero-order chi connectivity index (χ0) is 8.10. The Hall–Kier alpha value is 0.456. The normalized spacial score (nSPS) is 8.75. The molecule has 0 saturated heterocycles. The molecule has 0 unspecified atom stereocenters. The van der Waals surface area contributed by atoms with Gasteiger partial charge in [-0.25, -0.2) is 0 Å². The monoisotopic (exact) mass is 190 g/mol. The van der Waals surface area contributed by atoms with E-state index in [1.165, 1.54) is 12.1 Å². The van der Waals surface area contributed by atoms with Gasteiger partial charge in [-0.1, -0.05) is 19.1 Å². The number of hydrogen-bond acceptors (Lipinski definition) is 2. The molecule has 1 aromatic rings. The Labute approximate surface area is 115 Å². The smallest absolute Gasteiger partial charge is 0.872 e. The average Bonchev–Trinajstić information content (AvgIpc) is 2.04. The van der Waals surface area contributed by atoms with Crippen molar-refractivity contribution < 1.29 is 61.2 Å². The minimum absolute atomic E-state index is 0. The Kier molecular flexibility index (Phi) is 7.18. The van der Waals surface area contributed by atoms with E-state index in [-0.39, 0.29) is 57.1 Å². The van der Waals surface area contributed by atoms with Gasteiger partial charge in [0.1, 0.15) is 5.75 Å². The summed E-state index contributed by atoms with van der Waals surface area (Å²) in [5.41, 5.74) is 0. The second kappa shape index (κ2) is 6.92. The zero-order valence-corrected chi connectivity index (χ0v) is 10.7. The molecule has 1 aromatic carbocycles. The maximum Gasteiger partial charge on any atom is 1.00 e. The van der Waals surface area contributed by atoms with Gasteiger partial charge in [0.05, 0.1) is 6.61 Å². The molecular weight excluding hydrogens is 179 g/mol. The third kappa shape index (κ3) is 4.47. The maximum absolute atomic E-state index is 10.6. The van der Waals surface area contributed by atoms with Crippen molar-refractivity contribution >= 4 is 0 Å². The van der Waals surface area contributed by atoms with Crippen LogP contribution in [-0.4, -0.2) is 6.61 Å². The molecule has 0 aliphatic rings. The van der Waals surface area contributed by atoms with Gasteiger partial charge < -0.3 is 9.84 Å². The van der Waals surface area contributed by atoms with Gasteiger partial charge >= 0.3 is 51.4 Å². The Morgan fingerprint density at radius 1 is 1.25 bits per heavy atom. The third-order valence-electron chi connectivity index (χ3n) is 1.30. The van der Waals surface area contributed by atoms with Crippen molar-refractivity contribution in [2.75, 3.05) is 6.61 Å². The molecule has 12 heavy (non-hydrogen) atoms. The van der Waals surface area contributed by atoms with Crippen molar-refractivity contribution in [3.63, 3.8) is 0 Å². The predicted octanol–water partition coefficient (Wildman–Crippen LogP) is -1.45. The van der Waals surface area contributed by atoms with Crippen molar-refractivity contribution in [2.24, 2.45) is 0 Å².